The molecule has 84 valence electrons. The van der Waals surface area contributed by atoms with Crippen LogP contribution in [0.4, 0.5) is 0 Å². The Labute approximate surface area is 93.8 Å². The van der Waals surface area contributed by atoms with E-state index in [4.69, 9.17) is 11.2 Å². The molecule has 5 nitrogen and oxygen atoms in total. The Morgan fingerprint density at radius 3 is 2.56 bits per heavy atom. The van der Waals surface area contributed by atoms with E-state index in [1.807, 2.05) is 0 Å². The molecule has 1 aromatic rings. The van der Waals surface area contributed by atoms with Crippen molar-refractivity contribution in [2.75, 3.05) is 7.11 Å². The average molecular weight is 220 g/mol. The molecule has 0 aromatic carbocycles. The lowest BCUT2D eigenvalue weighted by Crippen LogP contribution is -2.26. The number of terminal acetylenes is 1. The molecule has 0 spiro atoms. The number of nitrogens with zero attached hydrogens (tertiary/aromatic N) is 2. The SMILES string of the molecule is C#CC(C)(C)Oc1cnc(C(=O)OC)cn1. The number of hydrogen-bond donors (Lipinski definition) is 0. The van der Waals surface area contributed by atoms with Crippen molar-refractivity contribution in [3.05, 3.63) is 18.1 Å². The van der Waals surface area contributed by atoms with Crippen LogP contribution in [0.2, 0.25) is 0 Å². The Kier molecular flexibility index (Phi) is 3.46. The Bertz CT molecular complexity index is 418. The number of carbonyl (C=O) groups is 1. The minimum atomic E-state index is -0.762. The first-order valence-electron chi connectivity index (χ1n) is 4.55. The summed E-state index contributed by atoms with van der Waals surface area (Å²) in [7, 11) is 1.27. The van der Waals surface area contributed by atoms with Gasteiger partial charge in [-0.2, -0.15) is 0 Å². The topological polar surface area (TPSA) is 61.3 Å². The molecule has 5 heteroatoms. The average Bonchev–Trinajstić information content (AvgIpc) is 2.28. The van der Waals surface area contributed by atoms with E-state index >= 15 is 0 Å². The zero-order valence-electron chi connectivity index (χ0n) is 9.35. The molecule has 0 N–H and O–H groups in total. The minimum Gasteiger partial charge on any atom is -0.464 e. The third-order valence-corrected chi connectivity index (χ3v) is 1.73. The molecule has 0 aliphatic rings. The summed E-state index contributed by atoms with van der Waals surface area (Å²) in [5, 5.41) is 0. The molecule has 0 atom stereocenters. The third kappa shape index (κ3) is 2.95. The van der Waals surface area contributed by atoms with Crippen LogP contribution in [-0.2, 0) is 4.74 Å². The predicted octanol–water partition coefficient (Wildman–Crippen LogP) is 1.05. The van der Waals surface area contributed by atoms with Crippen LogP contribution in [0, 0.1) is 12.3 Å². The number of esters is 1. The monoisotopic (exact) mass is 220 g/mol. The third-order valence-electron chi connectivity index (χ3n) is 1.73. The summed E-state index contributed by atoms with van der Waals surface area (Å²) >= 11 is 0. The van der Waals surface area contributed by atoms with Gasteiger partial charge in [-0.25, -0.2) is 14.8 Å². The second kappa shape index (κ2) is 4.62. The van der Waals surface area contributed by atoms with Crippen molar-refractivity contribution in [3.8, 4) is 18.2 Å². The van der Waals surface area contributed by atoms with Crippen molar-refractivity contribution < 1.29 is 14.3 Å². The molecule has 0 aliphatic heterocycles. The quantitative estimate of drug-likeness (QED) is 0.563. The Morgan fingerprint density at radius 1 is 1.44 bits per heavy atom. The zero-order chi connectivity index (χ0) is 12.2. The first kappa shape index (κ1) is 12.0. The molecule has 1 heterocycles. The predicted molar refractivity (Wildman–Crippen MR) is 56.9 cm³/mol. The van der Waals surface area contributed by atoms with Crippen molar-refractivity contribution in [3.63, 3.8) is 0 Å². The van der Waals surface area contributed by atoms with E-state index in [1.54, 1.807) is 13.8 Å². The Morgan fingerprint density at radius 2 is 2.12 bits per heavy atom. The van der Waals surface area contributed by atoms with Gasteiger partial charge in [-0.1, -0.05) is 5.92 Å². The van der Waals surface area contributed by atoms with E-state index in [0.29, 0.717) is 0 Å². The van der Waals surface area contributed by atoms with Gasteiger partial charge in [-0.15, -0.1) is 6.42 Å². The summed E-state index contributed by atoms with van der Waals surface area (Å²) in [6, 6.07) is 0. The fourth-order valence-corrected chi connectivity index (χ4v) is 0.870. The fraction of sp³-hybridized carbons (Fsp3) is 0.364. The maximum Gasteiger partial charge on any atom is 0.358 e. The van der Waals surface area contributed by atoms with Gasteiger partial charge in [0, 0.05) is 0 Å². The largest absolute Gasteiger partial charge is 0.464 e. The van der Waals surface area contributed by atoms with E-state index in [-0.39, 0.29) is 11.6 Å². The maximum absolute atomic E-state index is 11.1. The van der Waals surface area contributed by atoms with E-state index in [9.17, 15) is 4.79 Å². The molecule has 0 aliphatic carbocycles. The second-order valence-electron chi connectivity index (χ2n) is 3.49. The van der Waals surface area contributed by atoms with Gasteiger partial charge in [-0.05, 0) is 13.8 Å². The number of aromatic nitrogens is 2. The van der Waals surface area contributed by atoms with E-state index in [0.717, 1.165) is 0 Å². The van der Waals surface area contributed by atoms with Crippen LogP contribution in [0.3, 0.4) is 0 Å². The standard InChI is InChI=1S/C11H12N2O3/c1-5-11(2,3)16-9-7-12-8(6-13-9)10(14)15-4/h1,6-7H,2-4H3. The molecule has 1 aromatic heterocycles. The molecular weight excluding hydrogens is 208 g/mol. The van der Waals surface area contributed by atoms with Crippen molar-refractivity contribution in [2.24, 2.45) is 0 Å². The van der Waals surface area contributed by atoms with Crippen molar-refractivity contribution in [1.82, 2.24) is 9.97 Å². The molecule has 16 heavy (non-hydrogen) atoms. The van der Waals surface area contributed by atoms with Gasteiger partial charge in [0.15, 0.2) is 11.3 Å². The summed E-state index contributed by atoms with van der Waals surface area (Å²) in [6.07, 6.45) is 7.85. The number of methoxy groups -OCH3 is 1. The molecule has 0 fully saturated rings. The Hall–Kier alpha value is -2.09. The van der Waals surface area contributed by atoms with Crippen molar-refractivity contribution in [1.29, 1.82) is 0 Å². The van der Waals surface area contributed by atoms with Gasteiger partial charge in [0.1, 0.15) is 0 Å². The molecular formula is C11H12N2O3. The lowest BCUT2D eigenvalue weighted by atomic mass is 10.1. The first-order valence-corrected chi connectivity index (χ1v) is 4.55. The summed E-state index contributed by atoms with van der Waals surface area (Å²) in [4.78, 5) is 18.8. The van der Waals surface area contributed by atoms with Gasteiger partial charge < -0.3 is 9.47 Å². The zero-order valence-corrected chi connectivity index (χ0v) is 9.35. The maximum atomic E-state index is 11.1. The fourth-order valence-electron chi connectivity index (χ4n) is 0.870. The van der Waals surface area contributed by atoms with Crippen LogP contribution < -0.4 is 4.74 Å². The van der Waals surface area contributed by atoms with Crippen LogP contribution in [0.5, 0.6) is 5.88 Å². The van der Waals surface area contributed by atoms with Gasteiger partial charge >= 0.3 is 5.97 Å². The lowest BCUT2D eigenvalue weighted by Gasteiger charge is -2.18. The number of rotatable bonds is 3. The highest BCUT2D eigenvalue weighted by Gasteiger charge is 2.17. The van der Waals surface area contributed by atoms with Gasteiger partial charge in [-0.3, -0.25) is 0 Å². The summed E-state index contributed by atoms with van der Waals surface area (Å²) in [6.45, 7) is 3.45. The summed E-state index contributed by atoms with van der Waals surface area (Å²) < 4.78 is 9.84. The number of hydrogen-bond acceptors (Lipinski definition) is 5. The molecule has 0 radical (unpaired) electrons. The number of carbonyl (C=O) groups excluding carboxylic acids is 1. The second-order valence-corrected chi connectivity index (χ2v) is 3.49. The molecule has 0 saturated heterocycles. The van der Waals surface area contributed by atoms with Gasteiger partial charge in [0.25, 0.3) is 0 Å². The molecule has 0 amide bonds. The van der Waals surface area contributed by atoms with E-state index < -0.39 is 11.6 Å². The summed E-state index contributed by atoms with van der Waals surface area (Å²) in [5.74, 6) is 2.17. The van der Waals surface area contributed by atoms with E-state index in [2.05, 4.69) is 20.6 Å². The smallest absolute Gasteiger partial charge is 0.358 e. The highest BCUT2D eigenvalue weighted by Crippen LogP contribution is 2.13. The van der Waals surface area contributed by atoms with Gasteiger partial charge in [0.2, 0.25) is 5.88 Å². The van der Waals surface area contributed by atoms with Crippen LogP contribution >= 0.6 is 0 Å². The van der Waals surface area contributed by atoms with Crippen molar-refractivity contribution in [2.45, 2.75) is 19.4 Å². The van der Waals surface area contributed by atoms with Crippen LogP contribution in [0.25, 0.3) is 0 Å². The van der Waals surface area contributed by atoms with Gasteiger partial charge in [0.05, 0.1) is 19.5 Å². The minimum absolute atomic E-state index is 0.119. The van der Waals surface area contributed by atoms with Crippen molar-refractivity contribution >= 4 is 5.97 Å². The van der Waals surface area contributed by atoms with Crippen LogP contribution in [0.1, 0.15) is 24.3 Å². The first-order chi connectivity index (χ1) is 7.48. The van der Waals surface area contributed by atoms with E-state index in [1.165, 1.54) is 19.5 Å². The molecule has 0 saturated carbocycles. The molecule has 0 bridgehead atoms. The highest BCUT2D eigenvalue weighted by molar-refractivity contribution is 5.86. The lowest BCUT2D eigenvalue weighted by molar-refractivity contribution is 0.0593. The Balaban J connectivity index is 2.81. The van der Waals surface area contributed by atoms with Crippen LogP contribution in [-0.4, -0.2) is 28.6 Å². The highest BCUT2D eigenvalue weighted by atomic mass is 16.5. The molecule has 1 rings (SSSR count). The number of ether oxygens (including phenoxy) is 2. The van der Waals surface area contributed by atoms with Crippen LogP contribution in [0.15, 0.2) is 12.4 Å². The molecule has 0 unspecified atom stereocenters. The summed E-state index contributed by atoms with van der Waals surface area (Å²) in [5.41, 5.74) is -0.644. The normalized spacial score (nSPS) is 10.4.